The summed E-state index contributed by atoms with van der Waals surface area (Å²) in [5, 5.41) is 2.25. The number of ether oxygens (including phenoxy) is 2. The molecular formula is C24H24N2O6S. The first-order chi connectivity index (χ1) is 15.9. The molecule has 0 radical (unpaired) electrons. The Morgan fingerprint density at radius 3 is 2.33 bits per heavy atom. The molecule has 2 aromatic carbocycles. The van der Waals surface area contributed by atoms with Crippen molar-refractivity contribution in [3.05, 3.63) is 64.6 Å². The smallest absolute Gasteiger partial charge is 0.293 e. The van der Waals surface area contributed by atoms with E-state index in [-0.39, 0.29) is 36.6 Å². The van der Waals surface area contributed by atoms with Crippen LogP contribution in [0.1, 0.15) is 29.3 Å². The van der Waals surface area contributed by atoms with Crippen molar-refractivity contribution in [3.63, 3.8) is 0 Å². The van der Waals surface area contributed by atoms with Gasteiger partial charge in [-0.05, 0) is 59.8 Å². The van der Waals surface area contributed by atoms with Gasteiger partial charge >= 0.3 is 0 Å². The molecule has 0 aliphatic carbocycles. The van der Waals surface area contributed by atoms with Crippen LogP contribution in [0.4, 0.5) is 4.79 Å². The van der Waals surface area contributed by atoms with Crippen LogP contribution in [0.2, 0.25) is 0 Å². The van der Waals surface area contributed by atoms with Crippen molar-refractivity contribution in [1.82, 2.24) is 10.2 Å². The van der Waals surface area contributed by atoms with Crippen LogP contribution in [-0.2, 0) is 9.59 Å². The third kappa shape index (κ3) is 6.45. The number of benzene rings is 2. The number of nitrogens with zero attached hydrogens (tertiary/aromatic N) is 1. The van der Waals surface area contributed by atoms with Gasteiger partial charge in [0.1, 0.15) is 11.5 Å². The summed E-state index contributed by atoms with van der Waals surface area (Å²) in [4.78, 5) is 49.9. The van der Waals surface area contributed by atoms with Crippen LogP contribution >= 0.6 is 11.8 Å². The summed E-state index contributed by atoms with van der Waals surface area (Å²) in [6, 6.07) is 13.7. The highest BCUT2D eigenvalue weighted by Crippen LogP contribution is 2.32. The molecule has 1 heterocycles. The van der Waals surface area contributed by atoms with Crippen LogP contribution in [0.15, 0.2) is 53.4 Å². The molecule has 1 aliphatic heterocycles. The highest BCUT2D eigenvalue weighted by Gasteiger charge is 2.34. The summed E-state index contributed by atoms with van der Waals surface area (Å²) in [6.45, 7) is 1.74. The zero-order valence-corrected chi connectivity index (χ0v) is 19.1. The number of thioether (sulfide) groups is 1. The zero-order valence-electron chi connectivity index (χ0n) is 18.3. The molecule has 0 spiro atoms. The summed E-state index contributed by atoms with van der Waals surface area (Å²) >= 11 is 0.864. The highest BCUT2D eigenvalue weighted by atomic mass is 32.2. The predicted molar refractivity (Wildman–Crippen MR) is 125 cm³/mol. The molecule has 1 fully saturated rings. The molecule has 9 heteroatoms. The number of nitrogens with one attached hydrogen (secondary N) is 1. The lowest BCUT2D eigenvalue weighted by Gasteiger charge is -2.13. The number of ketones is 1. The SMILES string of the molecule is CCC(=O)c1ccc(OCC(=O)NCCN2C(=O)S/C(=C\c3ccc(OC)cc3)C2=O)cc1. The van der Waals surface area contributed by atoms with Gasteiger partial charge in [-0.2, -0.15) is 0 Å². The van der Waals surface area contributed by atoms with Gasteiger partial charge in [0.15, 0.2) is 12.4 Å². The number of rotatable bonds is 10. The first-order valence-corrected chi connectivity index (χ1v) is 11.1. The number of Topliss-reactive ketones (excluding diaryl/α,β-unsaturated/α-hetero) is 1. The van der Waals surface area contributed by atoms with E-state index < -0.39 is 5.91 Å². The van der Waals surface area contributed by atoms with Crippen molar-refractivity contribution in [2.24, 2.45) is 0 Å². The molecule has 0 aromatic heterocycles. The number of methoxy groups -OCH3 is 1. The van der Waals surface area contributed by atoms with Crippen LogP contribution in [-0.4, -0.2) is 54.5 Å². The molecular weight excluding hydrogens is 444 g/mol. The van der Waals surface area contributed by atoms with Crippen LogP contribution in [0.25, 0.3) is 6.08 Å². The number of carbonyl (C=O) groups excluding carboxylic acids is 4. The average molecular weight is 469 g/mol. The zero-order chi connectivity index (χ0) is 23.8. The second-order valence-corrected chi connectivity index (χ2v) is 8.04. The molecule has 3 rings (SSSR count). The average Bonchev–Trinajstić information content (AvgIpc) is 3.10. The summed E-state index contributed by atoms with van der Waals surface area (Å²) in [5.41, 5.74) is 1.37. The maximum Gasteiger partial charge on any atom is 0.293 e. The monoisotopic (exact) mass is 468 g/mol. The highest BCUT2D eigenvalue weighted by molar-refractivity contribution is 8.18. The molecule has 0 atom stereocenters. The van der Waals surface area contributed by atoms with Crippen molar-refractivity contribution < 1.29 is 28.7 Å². The van der Waals surface area contributed by atoms with Gasteiger partial charge in [-0.1, -0.05) is 19.1 Å². The summed E-state index contributed by atoms with van der Waals surface area (Å²) in [6.07, 6.45) is 2.07. The van der Waals surface area contributed by atoms with Gasteiger partial charge < -0.3 is 14.8 Å². The van der Waals surface area contributed by atoms with Crippen LogP contribution in [0.3, 0.4) is 0 Å². The fraction of sp³-hybridized carbons (Fsp3) is 0.250. The third-order valence-electron chi connectivity index (χ3n) is 4.81. The maximum atomic E-state index is 12.6. The number of hydrogen-bond acceptors (Lipinski definition) is 7. The van der Waals surface area contributed by atoms with E-state index in [0.29, 0.717) is 28.4 Å². The van der Waals surface area contributed by atoms with Crippen molar-refractivity contribution in [1.29, 1.82) is 0 Å². The largest absolute Gasteiger partial charge is 0.497 e. The van der Waals surface area contributed by atoms with E-state index in [9.17, 15) is 19.2 Å². The molecule has 2 aromatic rings. The maximum absolute atomic E-state index is 12.6. The summed E-state index contributed by atoms with van der Waals surface area (Å²) in [7, 11) is 1.57. The lowest BCUT2D eigenvalue weighted by Crippen LogP contribution is -2.38. The van der Waals surface area contributed by atoms with Gasteiger partial charge in [-0.15, -0.1) is 0 Å². The van der Waals surface area contributed by atoms with Gasteiger partial charge in [0.25, 0.3) is 17.1 Å². The molecule has 172 valence electrons. The molecule has 1 N–H and O–H groups in total. The first kappa shape index (κ1) is 24.1. The van der Waals surface area contributed by atoms with Gasteiger partial charge in [0.05, 0.1) is 12.0 Å². The van der Waals surface area contributed by atoms with E-state index in [1.165, 1.54) is 0 Å². The summed E-state index contributed by atoms with van der Waals surface area (Å²) in [5.74, 6) is 0.416. The van der Waals surface area contributed by atoms with Gasteiger partial charge in [0.2, 0.25) is 0 Å². The van der Waals surface area contributed by atoms with Crippen LogP contribution in [0.5, 0.6) is 11.5 Å². The molecule has 8 nitrogen and oxygen atoms in total. The Balaban J connectivity index is 1.45. The quantitative estimate of drug-likeness (QED) is 0.420. The van der Waals surface area contributed by atoms with Gasteiger partial charge in [-0.25, -0.2) is 0 Å². The molecule has 1 saturated heterocycles. The van der Waals surface area contributed by atoms with E-state index in [2.05, 4.69) is 5.32 Å². The van der Waals surface area contributed by atoms with Crippen LogP contribution < -0.4 is 14.8 Å². The van der Waals surface area contributed by atoms with Crippen molar-refractivity contribution in [2.75, 3.05) is 26.8 Å². The predicted octanol–water partition coefficient (Wildman–Crippen LogP) is 3.52. The van der Waals surface area contributed by atoms with Crippen LogP contribution in [0, 0.1) is 0 Å². The normalized spacial score (nSPS) is 14.5. The van der Waals surface area contributed by atoms with E-state index in [1.54, 1.807) is 68.6 Å². The Morgan fingerprint density at radius 1 is 1.03 bits per heavy atom. The van der Waals surface area contributed by atoms with E-state index >= 15 is 0 Å². The van der Waals surface area contributed by atoms with E-state index in [4.69, 9.17) is 9.47 Å². The number of amides is 3. The molecule has 33 heavy (non-hydrogen) atoms. The molecule has 3 amide bonds. The Bertz CT molecular complexity index is 1060. The Morgan fingerprint density at radius 2 is 1.70 bits per heavy atom. The van der Waals surface area contributed by atoms with Crippen molar-refractivity contribution in [3.8, 4) is 11.5 Å². The summed E-state index contributed by atoms with van der Waals surface area (Å²) < 4.78 is 10.5. The second-order valence-electron chi connectivity index (χ2n) is 7.05. The van der Waals surface area contributed by atoms with Crippen molar-refractivity contribution >= 4 is 40.7 Å². The Labute approximate surface area is 195 Å². The van der Waals surface area contributed by atoms with Gasteiger partial charge in [-0.3, -0.25) is 24.1 Å². The lowest BCUT2D eigenvalue weighted by atomic mass is 10.1. The molecule has 0 bridgehead atoms. The standard InChI is InChI=1S/C24H24N2O6S/c1-3-20(27)17-6-10-19(11-7-17)32-15-22(28)25-12-13-26-23(29)21(33-24(26)30)14-16-4-8-18(31-2)9-5-16/h4-11,14H,3,12-13,15H2,1-2H3,(H,25,28)/b21-14-. The minimum absolute atomic E-state index is 0.0328. The van der Waals surface area contributed by atoms with Gasteiger partial charge in [0, 0.05) is 25.1 Å². The fourth-order valence-corrected chi connectivity index (χ4v) is 3.86. The lowest BCUT2D eigenvalue weighted by molar-refractivity contribution is -0.125. The van der Waals surface area contributed by atoms with Crippen molar-refractivity contribution in [2.45, 2.75) is 13.3 Å². The molecule has 0 saturated carbocycles. The minimum Gasteiger partial charge on any atom is -0.497 e. The number of imide groups is 1. The second kappa shape index (κ2) is 11.3. The minimum atomic E-state index is -0.395. The van der Waals surface area contributed by atoms with E-state index in [0.717, 1.165) is 22.2 Å². The third-order valence-corrected chi connectivity index (χ3v) is 5.72. The van der Waals surface area contributed by atoms with E-state index in [1.807, 2.05) is 0 Å². The number of hydrogen-bond donors (Lipinski definition) is 1. The topological polar surface area (TPSA) is 102 Å². The Kier molecular flexibility index (Phi) is 8.26. The number of carbonyl (C=O) groups is 4. The fourth-order valence-electron chi connectivity index (χ4n) is 2.99. The Hall–Kier alpha value is -3.59. The molecule has 0 unspecified atom stereocenters. The first-order valence-electron chi connectivity index (χ1n) is 10.3. The molecule has 1 aliphatic rings.